The molecule has 0 unspecified atom stereocenters. The van der Waals surface area contributed by atoms with Crippen LogP contribution in [0, 0.1) is 5.82 Å². The van der Waals surface area contributed by atoms with Crippen molar-refractivity contribution in [2.24, 2.45) is 5.16 Å². The number of nitrogens with one attached hydrogen (secondary N) is 1. The van der Waals surface area contributed by atoms with Crippen LogP contribution in [0.25, 0.3) is 0 Å². The van der Waals surface area contributed by atoms with Crippen molar-refractivity contribution in [3.8, 4) is 11.5 Å². The molecule has 0 aliphatic heterocycles. The number of rotatable bonds is 7. The third-order valence-corrected chi connectivity index (χ3v) is 3.58. The standard InChI is InChI=1S/C17H16BrFN2O4/c1-23-15-6-3-11(7-16(15)24-2)9-20-25-10-17(22)21-14-5-4-12(18)8-13(14)19/h3-9H,10H2,1-2H3,(H,21,22)/b20-9+. The molecule has 1 amide bonds. The van der Waals surface area contributed by atoms with Crippen molar-refractivity contribution in [2.45, 2.75) is 0 Å². The summed E-state index contributed by atoms with van der Waals surface area (Å²) in [5.74, 6) is 0.0774. The summed E-state index contributed by atoms with van der Waals surface area (Å²) in [5, 5.41) is 6.11. The molecule has 132 valence electrons. The van der Waals surface area contributed by atoms with E-state index in [9.17, 15) is 9.18 Å². The number of benzene rings is 2. The molecule has 0 radical (unpaired) electrons. The van der Waals surface area contributed by atoms with Gasteiger partial charge >= 0.3 is 0 Å². The molecule has 2 aromatic rings. The number of nitrogens with zero attached hydrogens (tertiary/aromatic N) is 1. The second-order valence-electron chi connectivity index (χ2n) is 4.79. The van der Waals surface area contributed by atoms with Crippen molar-refractivity contribution < 1.29 is 23.5 Å². The van der Waals surface area contributed by atoms with Gasteiger partial charge in [-0.1, -0.05) is 21.1 Å². The Kier molecular flexibility index (Phi) is 6.76. The van der Waals surface area contributed by atoms with Crippen LogP contribution < -0.4 is 14.8 Å². The van der Waals surface area contributed by atoms with Crippen molar-refractivity contribution in [3.05, 3.63) is 52.3 Å². The van der Waals surface area contributed by atoms with Crippen molar-refractivity contribution in [1.29, 1.82) is 0 Å². The van der Waals surface area contributed by atoms with E-state index in [1.54, 1.807) is 31.4 Å². The maximum atomic E-state index is 13.6. The Morgan fingerprint density at radius 3 is 2.64 bits per heavy atom. The Bertz CT molecular complexity index is 783. The molecule has 25 heavy (non-hydrogen) atoms. The molecule has 2 aromatic carbocycles. The van der Waals surface area contributed by atoms with Crippen LogP contribution in [-0.2, 0) is 9.63 Å². The van der Waals surface area contributed by atoms with E-state index in [4.69, 9.17) is 14.3 Å². The third kappa shape index (κ3) is 5.46. The molecule has 6 nitrogen and oxygen atoms in total. The number of ether oxygens (including phenoxy) is 2. The van der Waals surface area contributed by atoms with Gasteiger partial charge in [0, 0.05) is 10.0 Å². The summed E-state index contributed by atoms with van der Waals surface area (Å²) in [6.07, 6.45) is 1.43. The molecular formula is C17H16BrFN2O4. The van der Waals surface area contributed by atoms with Gasteiger partial charge in [0.1, 0.15) is 5.82 Å². The Morgan fingerprint density at radius 1 is 1.20 bits per heavy atom. The number of carbonyl (C=O) groups is 1. The zero-order chi connectivity index (χ0) is 18.2. The second kappa shape index (κ2) is 9.03. The Hall–Kier alpha value is -2.61. The van der Waals surface area contributed by atoms with Crippen LogP contribution in [0.4, 0.5) is 10.1 Å². The van der Waals surface area contributed by atoms with Crippen LogP contribution in [-0.4, -0.2) is 32.9 Å². The Balaban J connectivity index is 1.87. The minimum atomic E-state index is -0.545. The highest BCUT2D eigenvalue weighted by Gasteiger charge is 2.08. The first kappa shape index (κ1) is 18.7. The lowest BCUT2D eigenvalue weighted by atomic mass is 10.2. The largest absolute Gasteiger partial charge is 0.493 e. The molecule has 2 rings (SSSR count). The lowest BCUT2D eigenvalue weighted by Crippen LogP contribution is -2.17. The average Bonchev–Trinajstić information content (AvgIpc) is 2.61. The Labute approximate surface area is 152 Å². The van der Waals surface area contributed by atoms with E-state index in [1.807, 2.05) is 0 Å². The first-order chi connectivity index (χ1) is 12.0. The number of methoxy groups -OCH3 is 2. The van der Waals surface area contributed by atoms with E-state index in [0.29, 0.717) is 21.5 Å². The van der Waals surface area contributed by atoms with Gasteiger partial charge in [0.25, 0.3) is 5.91 Å². The molecule has 1 N–H and O–H groups in total. The Morgan fingerprint density at radius 2 is 1.96 bits per heavy atom. The molecule has 0 atom stereocenters. The third-order valence-electron chi connectivity index (χ3n) is 3.08. The molecule has 0 aliphatic rings. The normalized spacial score (nSPS) is 10.6. The van der Waals surface area contributed by atoms with Crippen LogP contribution in [0.3, 0.4) is 0 Å². The van der Waals surface area contributed by atoms with Crippen LogP contribution in [0.1, 0.15) is 5.56 Å². The molecule has 0 fully saturated rings. The number of amides is 1. The van der Waals surface area contributed by atoms with E-state index in [1.165, 1.54) is 25.5 Å². The molecule has 0 spiro atoms. The van der Waals surface area contributed by atoms with Crippen LogP contribution >= 0.6 is 15.9 Å². The van der Waals surface area contributed by atoms with E-state index in [2.05, 4.69) is 26.4 Å². The minimum Gasteiger partial charge on any atom is -0.493 e. The summed E-state index contributed by atoms with van der Waals surface area (Å²) >= 11 is 3.14. The van der Waals surface area contributed by atoms with Gasteiger partial charge in [0.2, 0.25) is 0 Å². The fourth-order valence-corrected chi connectivity index (χ4v) is 2.24. The first-order valence-corrected chi connectivity index (χ1v) is 7.95. The molecule has 0 aliphatic carbocycles. The van der Waals surface area contributed by atoms with E-state index in [-0.39, 0.29) is 12.3 Å². The molecule has 0 saturated heterocycles. The number of halogens is 2. The van der Waals surface area contributed by atoms with Gasteiger partial charge in [-0.2, -0.15) is 0 Å². The quantitative estimate of drug-likeness (QED) is 0.559. The highest BCUT2D eigenvalue weighted by Crippen LogP contribution is 2.26. The molecule has 0 saturated carbocycles. The maximum Gasteiger partial charge on any atom is 0.265 e. The molecule has 0 heterocycles. The monoisotopic (exact) mass is 410 g/mol. The minimum absolute atomic E-state index is 0.0701. The van der Waals surface area contributed by atoms with Gasteiger partial charge in [-0.25, -0.2) is 4.39 Å². The average molecular weight is 411 g/mol. The number of hydrogen-bond acceptors (Lipinski definition) is 5. The van der Waals surface area contributed by atoms with Gasteiger partial charge < -0.3 is 19.6 Å². The predicted molar refractivity (Wildman–Crippen MR) is 95.8 cm³/mol. The van der Waals surface area contributed by atoms with Gasteiger partial charge in [-0.15, -0.1) is 0 Å². The highest BCUT2D eigenvalue weighted by atomic mass is 79.9. The molecule has 0 aromatic heterocycles. The van der Waals surface area contributed by atoms with Gasteiger partial charge in [0.15, 0.2) is 18.1 Å². The summed E-state index contributed by atoms with van der Waals surface area (Å²) in [4.78, 5) is 16.6. The van der Waals surface area contributed by atoms with Crippen molar-refractivity contribution in [3.63, 3.8) is 0 Å². The highest BCUT2D eigenvalue weighted by molar-refractivity contribution is 9.10. The number of carbonyl (C=O) groups excluding carboxylic acids is 1. The van der Waals surface area contributed by atoms with Crippen LogP contribution in [0.5, 0.6) is 11.5 Å². The fourth-order valence-electron chi connectivity index (χ4n) is 1.90. The van der Waals surface area contributed by atoms with Crippen molar-refractivity contribution in [2.75, 3.05) is 26.1 Å². The van der Waals surface area contributed by atoms with E-state index in [0.717, 1.165) is 0 Å². The molecule has 0 bridgehead atoms. The van der Waals surface area contributed by atoms with Gasteiger partial charge in [-0.3, -0.25) is 4.79 Å². The van der Waals surface area contributed by atoms with Crippen LogP contribution in [0.2, 0.25) is 0 Å². The summed E-state index contributed by atoms with van der Waals surface area (Å²) in [6.45, 7) is -0.348. The summed E-state index contributed by atoms with van der Waals surface area (Å²) in [5.41, 5.74) is 0.776. The topological polar surface area (TPSA) is 69.2 Å². The molecule has 8 heteroatoms. The maximum absolute atomic E-state index is 13.6. The van der Waals surface area contributed by atoms with Crippen LogP contribution in [0.15, 0.2) is 46.0 Å². The number of anilines is 1. The zero-order valence-corrected chi connectivity index (χ0v) is 15.2. The first-order valence-electron chi connectivity index (χ1n) is 7.15. The molecular weight excluding hydrogens is 395 g/mol. The van der Waals surface area contributed by atoms with Gasteiger partial charge in [0.05, 0.1) is 26.1 Å². The van der Waals surface area contributed by atoms with Gasteiger partial charge in [-0.05, 0) is 36.4 Å². The van der Waals surface area contributed by atoms with Crippen molar-refractivity contribution >= 4 is 33.7 Å². The van der Waals surface area contributed by atoms with Crippen molar-refractivity contribution in [1.82, 2.24) is 0 Å². The van der Waals surface area contributed by atoms with E-state index < -0.39 is 11.7 Å². The summed E-state index contributed by atoms with van der Waals surface area (Å²) < 4.78 is 24.5. The van der Waals surface area contributed by atoms with E-state index >= 15 is 0 Å². The SMILES string of the molecule is COc1ccc(/C=N/OCC(=O)Nc2ccc(Br)cc2F)cc1OC. The number of oxime groups is 1. The lowest BCUT2D eigenvalue weighted by Gasteiger charge is -2.07. The zero-order valence-electron chi connectivity index (χ0n) is 13.6. The summed E-state index contributed by atoms with van der Waals surface area (Å²) in [6, 6.07) is 9.52. The summed E-state index contributed by atoms with van der Waals surface area (Å²) in [7, 11) is 3.07. The fraction of sp³-hybridized carbons (Fsp3) is 0.176. The lowest BCUT2D eigenvalue weighted by molar-refractivity contribution is -0.120. The number of hydrogen-bond donors (Lipinski definition) is 1. The smallest absolute Gasteiger partial charge is 0.265 e. The second-order valence-corrected chi connectivity index (χ2v) is 5.71. The predicted octanol–water partition coefficient (Wildman–Crippen LogP) is 3.59.